The van der Waals surface area contributed by atoms with Crippen LogP contribution in [0.4, 0.5) is 13.2 Å². The Hall–Kier alpha value is -2.17. The van der Waals surface area contributed by atoms with Gasteiger partial charge in [-0.2, -0.15) is 0 Å². The Bertz CT molecular complexity index is 957. The van der Waals surface area contributed by atoms with Crippen molar-refractivity contribution < 1.29 is 23.1 Å². The molecule has 0 aromatic heterocycles. The minimum absolute atomic E-state index is 0.165. The standard InChI is InChI=1S/C26H27BrF3O2P/c27-33(23-13-7-20(28)8-14-23,24-15-9-21(29)10-16-24,25-17-11-22(30)12-18-25)19-5-3-1-2-4-6-26(31)32/h7-18H,1-6,19H2,(H,31,32). The predicted octanol–water partition coefficient (Wildman–Crippen LogP) is 6.67. The number of carbonyl (C=O) groups is 1. The van der Waals surface area contributed by atoms with E-state index in [-0.39, 0.29) is 23.9 Å². The summed E-state index contributed by atoms with van der Waals surface area (Å²) in [6.45, 7) is 0. The van der Waals surface area contributed by atoms with Crippen molar-refractivity contribution in [1.82, 2.24) is 0 Å². The first-order chi connectivity index (χ1) is 15.7. The molecule has 3 aromatic rings. The van der Waals surface area contributed by atoms with E-state index < -0.39 is 11.3 Å². The summed E-state index contributed by atoms with van der Waals surface area (Å²) in [5, 5.41) is 8.08. The predicted molar refractivity (Wildman–Crippen MR) is 134 cm³/mol. The van der Waals surface area contributed by atoms with Gasteiger partial charge in [0.1, 0.15) is 0 Å². The van der Waals surface area contributed by atoms with Crippen molar-refractivity contribution in [3.63, 3.8) is 0 Å². The van der Waals surface area contributed by atoms with Crippen LogP contribution in [0.3, 0.4) is 0 Å². The van der Waals surface area contributed by atoms with E-state index in [1.54, 1.807) is 36.4 Å². The summed E-state index contributed by atoms with van der Waals surface area (Å²) >= 11 is 4.18. The maximum absolute atomic E-state index is 13.9. The van der Waals surface area contributed by atoms with Crippen LogP contribution in [0.15, 0.2) is 72.8 Å². The van der Waals surface area contributed by atoms with Gasteiger partial charge >= 0.3 is 201 Å². The number of carboxylic acids is 1. The molecule has 1 N–H and O–H groups in total. The van der Waals surface area contributed by atoms with Crippen LogP contribution in [0.25, 0.3) is 0 Å². The Morgan fingerprint density at radius 2 is 0.970 bits per heavy atom. The molecule has 2 nitrogen and oxygen atoms in total. The monoisotopic (exact) mass is 538 g/mol. The molecule has 0 bridgehead atoms. The Labute approximate surface area is 200 Å². The van der Waals surface area contributed by atoms with Crippen LogP contribution in [0.2, 0.25) is 0 Å². The van der Waals surface area contributed by atoms with Gasteiger partial charge in [-0.25, -0.2) is 0 Å². The van der Waals surface area contributed by atoms with Gasteiger partial charge in [0.15, 0.2) is 0 Å². The molecule has 3 aromatic carbocycles. The Morgan fingerprint density at radius 1 is 0.636 bits per heavy atom. The van der Waals surface area contributed by atoms with E-state index in [2.05, 4.69) is 15.5 Å². The summed E-state index contributed by atoms with van der Waals surface area (Å²) in [5.74, 6) is -1.85. The van der Waals surface area contributed by atoms with Crippen LogP contribution in [0.5, 0.6) is 0 Å². The van der Waals surface area contributed by atoms with Crippen LogP contribution in [-0.2, 0) is 4.79 Å². The van der Waals surface area contributed by atoms with Crippen LogP contribution < -0.4 is 15.9 Å². The summed E-state index contributed by atoms with van der Waals surface area (Å²) in [4.78, 5) is 10.7. The summed E-state index contributed by atoms with van der Waals surface area (Å²) in [7, 11) is 0. The van der Waals surface area contributed by atoms with Gasteiger partial charge in [0.25, 0.3) is 0 Å². The van der Waals surface area contributed by atoms with Crippen molar-refractivity contribution in [1.29, 1.82) is 0 Å². The fraction of sp³-hybridized carbons (Fsp3) is 0.269. The first kappa shape index (κ1) is 25.5. The second kappa shape index (κ2) is 10.8. The van der Waals surface area contributed by atoms with Gasteiger partial charge < -0.3 is 0 Å². The van der Waals surface area contributed by atoms with E-state index >= 15 is 0 Å². The molecule has 3 rings (SSSR count). The fourth-order valence-corrected chi connectivity index (χ4v) is 12.0. The van der Waals surface area contributed by atoms with Gasteiger partial charge in [0.05, 0.1) is 0 Å². The normalized spacial score (nSPS) is 12.8. The third-order valence-corrected chi connectivity index (χ3v) is 16.1. The first-order valence-corrected chi connectivity index (χ1v) is 15.4. The van der Waals surface area contributed by atoms with Crippen molar-refractivity contribution in [3.8, 4) is 0 Å². The molecule has 0 radical (unpaired) electrons. The molecule has 0 saturated carbocycles. The quantitative estimate of drug-likeness (QED) is 0.218. The van der Waals surface area contributed by atoms with Gasteiger partial charge in [0, 0.05) is 0 Å². The second-order valence-electron chi connectivity index (χ2n) is 8.25. The fourth-order valence-electron chi connectivity index (χ4n) is 4.31. The molecule has 0 fully saturated rings. The third kappa shape index (κ3) is 5.67. The molecular weight excluding hydrogens is 512 g/mol. The number of rotatable bonds is 11. The molecular formula is C26H27BrF3O2P. The van der Waals surface area contributed by atoms with Gasteiger partial charge in [-0.15, -0.1) is 0 Å². The number of unbranched alkanes of at least 4 members (excludes halogenated alkanes) is 4. The second-order valence-corrected chi connectivity index (χ2v) is 17.3. The molecule has 0 amide bonds. The summed E-state index contributed by atoms with van der Waals surface area (Å²) in [6.07, 6.45) is 4.89. The molecule has 0 atom stereocenters. The molecule has 176 valence electrons. The Balaban J connectivity index is 2.04. The number of aliphatic carboxylic acids is 1. The molecule has 0 aliphatic carbocycles. The average molecular weight is 539 g/mol. The van der Waals surface area contributed by atoms with Gasteiger partial charge in [0.2, 0.25) is 0 Å². The number of carboxylic acid groups (broad SMARTS) is 1. The van der Waals surface area contributed by atoms with Crippen molar-refractivity contribution in [2.45, 2.75) is 38.5 Å². The Morgan fingerprint density at radius 3 is 1.33 bits per heavy atom. The van der Waals surface area contributed by atoms with Crippen molar-refractivity contribution in [2.24, 2.45) is 0 Å². The van der Waals surface area contributed by atoms with E-state index in [0.717, 1.165) is 41.6 Å². The van der Waals surface area contributed by atoms with Crippen molar-refractivity contribution >= 4 is 42.7 Å². The molecule has 0 aliphatic heterocycles. The molecule has 7 heteroatoms. The molecule has 0 spiro atoms. The summed E-state index contributed by atoms with van der Waals surface area (Å²) in [6, 6.07) is 19.0. The number of hydrogen-bond acceptors (Lipinski definition) is 1. The topological polar surface area (TPSA) is 37.3 Å². The molecule has 0 unspecified atom stereocenters. The number of benzene rings is 3. The summed E-state index contributed by atoms with van der Waals surface area (Å²) in [5.41, 5.74) is 0. The zero-order valence-corrected chi connectivity index (χ0v) is 20.7. The Kier molecular flexibility index (Phi) is 8.36. The van der Waals surface area contributed by atoms with Crippen molar-refractivity contribution in [3.05, 3.63) is 90.2 Å². The molecule has 33 heavy (non-hydrogen) atoms. The maximum atomic E-state index is 13.9. The number of halogens is 4. The van der Waals surface area contributed by atoms with Gasteiger partial charge in [-0.1, -0.05) is 0 Å². The van der Waals surface area contributed by atoms with E-state index in [1.807, 2.05) is 0 Å². The molecule has 0 heterocycles. The van der Waals surface area contributed by atoms with Crippen LogP contribution in [0.1, 0.15) is 38.5 Å². The molecule has 0 aliphatic rings. The van der Waals surface area contributed by atoms with Crippen molar-refractivity contribution in [2.75, 3.05) is 6.16 Å². The SMILES string of the molecule is O=C(O)CCCCCCCP(Br)(c1ccc(F)cc1)(c1ccc(F)cc1)c1ccc(F)cc1. The van der Waals surface area contributed by atoms with E-state index in [9.17, 15) is 18.0 Å². The first-order valence-electron chi connectivity index (χ1n) is 11.0. The summed E-state index contributed by atoms with van der Waals surface area (Å²) < 4.78 is 41.6. The van der Waals surface area contributed by atoms with Gasteiger partial charge in [-0.3, -0.25) is 0 Å². The van der Waals surface area contributed by atoms with E-state index in [1.165, 1.54) is 36.4 Å². The minimum atomic E-state index is -3.38. The van der Waals surface area contributed by atoms with Crippen LogP contribution in [0, 0.1) is 17.5 Å². The third-order valence-electron chi connectivity index (χ3n) is 6.06. The average Bonchev–Trinajstić information content (AvgIpc) is 2.79. The zero-order chi connectivity index (χ0) is 23.9. The van der Waals surface area contributed by atoms with Crippen LogP contribution in [-0.4, -0.2) is 17.2 Å². The van der Waals surface area contributed by atoms with E-state index in [4.69, 9.17) is 5.11 Å². The molecule has 0 saturated heterocycles. The number of hydrogen-bond donors (Lipinski definition) is 1. The zero-order valence-electron chi connectivity index (χ0n) is 18.2. The van der Waals surface area contributed by atoms with Crippen LogP contribution >= 0.6 is 20.8 Å². The van der Waals surface area contributed by atoms with E-state index in [0.29, 0.717) is 12.6 Å². The van der Waals surface area contributed by atoms with Gasteiger partial charge in [-0.05, 0) is 0 Å².